The van der Waals surface area contributed by atoms with Gasteiger partial charge in [0, 0.05) is 19.7 Å². The molecule has 0 radical (unpaired) electrons. The lowest BCUT2D eigenvalue weighted by Crippen LogP contribution is -2.50. The Morgan fingerprint density at radius 3 is 2.74 bits per heavy atom. The maximum atomic E-state index is 12.3. The Morgan fingerprint density at radius 1 is 1.35 bits per heavy atom. The summed E-state index contributed by atoms with van der Waals surface area (Å²) in [5, 5.41) is 12.1. The van der Waals surface area contributed by atoms with E-state index in [0.29, 0.717) is 19.7 Å². The maximum absolute atomic E-state index is 12.3. The topological polar surface area (TPSA) is 78.9 Å². The molecule has 2 fully saturated rings. The van der Waals surface area contributed by atoms with Gasteiger partial charge in [-0.3, -0.25) is 0 Å². The number of urea groups is 1. The van der Waals surface area contributed by atoms with E-state index >= 15 is 0 Å². The molecule has 0 bridgehead atoms. The summed E-state index contributed by atoms with van der Waals surface area (Å²) < 4.78 is 5.75. The largest absolute Gasteiger partial charge is 0.480 e. The first-order valence-corrected chi connectivity index (χ1v) is 8.62. The van der Waals surface area contributed by atoms with E-state index in [-0.39, 0.29) is 18.1 Å². The van der Waals surface area contributed by atoms with E-state index in [0.717, 1.165) is 44.9 Å². The van der Waals surface area contributed by atoms with Crippen LogP contribution in [0.4, 0.5) is 4.79 Å². The van der Waals surface area contributed by atoms with Crippen LogP contribution in [0.15, 0.2) is 12.7 Å². The summed E-state index contributed by atoms with van der Waals surface area (Å²) in [4.78, 5) is 25.4. The van der Waals surface area contributed by atoms with E-state index in [9.17, 15) is 14.7 Å². The first-order chi connectivity index (χ1) is 11.1. The monoisotopic (exact) mass is 324 g/mol. The van der Waals surface area contributed by atoms with Gasteiger partial charge in [-0.1, -0.05) is 18.9 Å². The molecule has 1 heterocycles. The van der Waals surface area contributed by atoms with Gasteiger partial charge in [-0.2, -0.15) is 0 Å². The van der Waals surface area contributed by atoms with Crippen LogP contribution in [0.3, 0.4) is 0 Å². The van der Waals surface area contributed by atoms with Crippen molar-refractivity contribution in [2.24, 2.45) is 5.92 Å². The lowest BCUT2D eigenvalue weighted by Gasteiger charge is -2.24. The van der Waals surface area contributed by atoms with Gasteiger partial charge < -0.3 is 20.1 Å². The highest BCUT2D eigenvalue weighted by atomic mass is 16.5. The molecule has 1 saturated carbocycles. The SMILES string of the molecule is C=CCCCO[C@H]1CCN(C(=O)NC(C(=O)O)C2CCCC2)C1. The third-order valence-corrected chi connectivity index (χ3v) is 4.75. The maximum Gasteiger partial charge on any atom is 0.326 e. The first kappa shape index (κ1) is 17.8. The number of nitrogens with one attached hydrogen (secondary N) is 1. The average molecular weight is 324 g/mol. The summed E-state index contributed by atoms with van der Waals surface area (Å²) in [5.41, 5.74) is 0. The Hall–Kier alpha value is -1.56. The minimum atomic E-state index is -0.929. The fourth-order valence-corrected chi connectivity index (χ4v) is 3.42. The van der Waals surface area contributed by atoms with E-state index in [2.05, 4.69) is 11.9 Å². The number of unbranched alkanes of at least 4 members (excludes halogenated alkanes) is 1. The fourth-order valence-electron chi connectivity index (χ4n) is 3.42. The zero-order valence-corrected chi connectivity index (χ0v) is 13.7. The van der Waals surface area contributed by atoms with Gasteiger partial charge in [0.15, 0.2) is 0 Å². The number of rotatable bonds is 8. The van der Waals surface area contributed by atoms with Crippen LogP contribution in [0.5, 0.6) is 0 Å². The normalized spacial score (nSPS) is 23.0. The second-order valence-corrected chi connectivity index (χ2v) is 6.47. The van der Waals surface area contributed by atoms with Crippen molar-refractivity contribution < 1.29 is 19.4 Å². The molecular weight excluding hydrogens is 296 g/mol. The molecule has 1 unspecified atom stereocenters. The molecule has 2 atom stereocenters. The number of amides is 2. The van der Waals surface area contributed by atoms with Crippen molar-refractivity contribution in [1.29, 1.82) is 0 Å². The van der Waals surface area contributed by atoms with Gasteiger partial charge in [0.2, 0.25) is 0 Å². The predicted molar refractivity (Wildman–Crippen MR) is 87.3 cm³/mol. The molecule has 0 aromatic carbocycles. The molecule has 130 valence electrons. The van der Waals surface area contributed by atoms with Gasteiger partial charge in [-0.15, -0.1) is 6.58 Å². The molecule has 1 saturated heterocycles. The van der Waals surface area contributed by atoms with E-state index in [4.69, 9.17) is 4.74 Å². The van der Waals surface area contributed by atoms with Crippen LogP contribution in [0.2, 0.25) is 0 Å². The van der Waals surface area contributed by atoms with Crippen LogP contribution in [0.25, 0.3) is 0 Å². The van der Waals surface area contributed by atoms with Gasteiger partial charge in [-0.25, -0.2) is 9.59 Å². The number of allylic oxidation sites excluding steroid dienone is 1. The van der Waals surface area contributed by atoms with Crippen LogP contribution in [-0.2, 0) is 9.53 Å². The second kappa shape index (κ2) is 8.91. The van der Waals surface area contributed by atoms with E-state index in [1.54, 1.807) is 4.90 Å². The lowest BCUT2D eigenvalue weighted by atomic mass is 9.98. The molecule has 23 heavy (non-hydrogen) atoms. The molecule has 2 rings (SSSR count). The number of hydrogen-bond donors (Lipinski definition) is 2. The summed E-state index contributed by atoms with van der Waals surface area (Å²) in [7, 11) is 0. The highest BCUT2D eigenvalue weighted by Gasteiger charge is 2.34. The molecular formula is C17H28N2O4. The minimum absolute atomic E-state index is 0.0559. The molecule has 2 aliphatic rings. The smallest absolute Gasteiger partial charge is 0.326 e. The van der Waals surface area contributed by atoms with Gasteiger partial charge in [0.1, 0.15) is 6.04 Å². The summed E-state index contributed by atoms with van der Waals surface area (Å²) in [6.45, 7) is 5.51. The van der Waals surface area contributed by atoms with E-state index in [1.165, 1.54) is 0 Å². The molecule has 2 N–H and O–H groups in total. The number of carboxylic acids is 1. The predicted octanol–water partition coefficient (Wildman–Crippen LogP) is 2.40. The lowest BCUT2D eigenvalue weighted by molar-refractivity contribution is -0.140. The fraction of sp³-hybridized carbons (Fsp3) is 0.765. The van der Waals surface area contributed by atoms with E-state index < -0.39 is 12.0 Å². The van der Waals surface area contributed by atoms with Gasteiger partial charge in [0.25, 0.3) is 0 Å². The van der Waals surface area contributed by atoms with Gasteiger partial charge >= 0.3 is 12.0 Å². The Labute approximate surface area is 137 Å². The van der Waals surface area contributed by atoms with Gasteiger partial charge in [0.05, 0.1) is 6.10 Å². The summed E-state index contributed by atoms with van der Waals surface area (Å²) >= 11 is 0. The number of aliphatic carboxylic acids is 1. The van der Waals surface area contributed by atoms with Crippen LogP contribution in [0, 0.1) is 5.92 Å². The molecule has 0 spiro atoms. The zero-order chi connectivity index (χ0) is 16.7. The second-order valence-electron chi connectivity index (χ2n) is 6.47. The molecule has 0 aromatic heterocycles. The van der Waals surface area contributed by atoms with Crippen molar-refractivity contribution in [2.45, 2.75) is 57.1 Å². The van der Waals surface area contributed by atoms with Crippen molar-refractivity contribution in [3.63, 3.8) is 0 Å². The Kier molecular flexibility index (Phi) is 6.89. The number of carbonyl (C=O) groups is 2. The highest BCUT2D eigenvalue weighted by molar-refractivity contribution is 5.83. The number of carbonyl (C=O) groups excluding carboxylic acids is 1. The minimum Gasteiger partial charge on any atom is -0.480 e. The molecule has 0 aromatic rings. The van der Waals surface area contributed by atoms with Crippen LogP contribution < -0.4 is 5.32 Å². The number of likely N-dealkylation sites (tertiary alicyclic amines) is 1. The standard InChI is InChI=1S/C17H28N2O4/c1-2-3-6-11-23-14-9-10-19(12-14)17(22)18-15(16(20)21)13-7-4-5-8-13/h2,13-15H,1,3-12H2,(H,18,22)(H,20,21)/t14-,15?/m0/s1. The van der Waals surface area contributed by atoms with Gasteiger partial charge in [-0.05, 0) is 38.0 Å². The zero-order valence-electron chi connectivity index (χ0n) is 13.7. The molecule has 6 heteroatoms. The quantitative estimate of drug-likeness (QED) is 0.531. The van der Waals surface area contributed by atoms with Crippen molar-refractivity contribution in [2.75, 3.05) is 19.7 Å². The third kappa shape index (κ3) is 5.23. The number of carboxylic acid groups (broad SMARTS) is 1. The van der Waals surface area contributed by atoms with Crippen LogP contribution in [-0.4, -0.2) is 53.8 Å². The van der Waals surface area contributed by atoms with Crippen molar-refractivity contribution >= 4 is 12.0 Å². The molecule has 1 aliphatic carbocycles. The summed E-state index contributed by atoms with van der Waals surface area (Å²) in [6.07, 6.45) is 8.46. The van der Waals surface area contributed by atoms with Crippen LogP contribution >= 0.6 is 0 Å². The number of ether oxygens (including phenoxy) is 1. The van der Waals surface area contributed by atoms with Crippen LogP contribution in [0.1, 0.15) is 44.9 Å². The highest BCUT2D eigenvalue weighted by Crippen LogP contribution is 2.28. The molecule has 2 amide bonds. The number of nitrogens with zero attached hydrogens (tertiary/aromatic N) is 1. The molecule has 6 nitrogen and oxygen atoms in total. The Morgan fingerprint density at radius 2 is 2.09 bits per heavy atom. The van der Waals surface area contributed by atoms with Crippen molar-refractivity contribution in [1.82, 2.24) is 10.2 Å². The Bertz CT molecular complexity index is 421. The first-order valence-electron chi connectivity index (χ1n) is 8.62. The Balaban J connectivity index is 1.76. The molecule has 1 aliphatic heterocycles. The van der Waals surface area contributed by atoms with E-state index in [1.807, 2.05) is 6.08 Å². The average Bonchev–Trinajstić information content (AvgIpc) is 3.20. The van der Waals surface area contributed by atoms with Crippen molar-refractivity contribution in [3.05, 3.63) is 12.7 Å². The summed E-state index contributed by atoms with van der Waals surface area (Å²) in [5.74, 6) is -0.869. The number of hydrogen-bond acceptors (Lipinski definition) is 3. The third-order valence-electron chi connectivity index (χ3n) is 4.75. The summed E-state index contributed by atoms with van der Waals surface area (Å²) in [6, 6.07) is -1.04. The van der Waals surface area contributed by atoms with Crippen molar-refractivity contribution in [3.8, 4) is 0 Å².